The van der Waals surface area contributed by atoms with Crippen molar-refractivity contribution in [2.75, 3.05) is 0 Å². The molecule has 68 valence electrons. The molecule has 0 aliphatic carbocycles. The zero-order valence-electron chi connectivity index (χ0n) is 7.37. The fraction of sp³-hybridized carbons (Fsp3) is 0. The van der Waals surface area contributed by atoms with E-state index in [1.54, 1.807) is 0 Å². The Kier molecular flexibility index (Phi) is 1.76. The van der Waals surface area contributed by atoms with Crippen LogP contribution in [0.25, 0.3) is 20.2 Å². The van der Waals surface area contributed by atoms with Gasteiger partial charge in [0.2, 0.25) is 0 Å². The minimum atomic E-state index is 0.875. The van der Waals surface area contributed by atoms with Crippen LogP contribution in [-0.4, -0.2) is 0 Å². The maximum Gasteiger partial charge on any atom is 0.198 e. The van der Waals surface area contributed by atoms with Gasteiger partial charge in [-0.3, -0.25) is 0 Å². The van der Waals surface area contributed by atoms with Crippen LogP contribution >= 0.6 is 22.9 Å². The second-order valence-electron chi connectivity index (χ2n) is 3.26. The minimum Gasteiger partial charge on any atom is -0.0784 e. The Labute approximate surface area is 90.7 Å². The molecule has 0 saturated carbocycles. The van der Waals surface area contributed by atoms with Crippen molar-refractivity contribution in [2.45, 2.75) is 0 Å². The lowest BCUT2D eigenvalue weighted by atomic mass is 10.2. The Bertz CT molecular complexity index is 610. The van der Waals surface area contributed by atoms with E-state index >= 15 is 0 Å². The van der Waals surface area contributed by atoms with E-state index in [2.05, 4.69) is 30.3 Å². The number of thiophene rings is 1. The fourth-order valence-corrected chi connectivity index (χ4v) is 3.28. The van der Waals surface area contributed by atoms with Crippen LogP contribution in [0.5, 0.6) is 0 Å². The first-order valence-corrected chi connectivity index (χ1v) is 5.73. The molecule has 1 aromatic heterocycles. The molecule has 1 heterocycles. The quantitative estimate of drug-likeness (QED) is 0.491. The number of hydrogen-bond acceptors (Lipinski definition) is 0. The lowest BCUT2D eigenvalue weighted by Crippen LogP contribution is -1.65. The Morgan fingerprint density at radius 2 is 1.64 bits per heavy atom. The Hall–Kier alpha value is -1.05. The van der Waals surface area contributed by atoms with Gasteiger partial charge >= 0.3 is 0 Å². The summed E-state index contributed by atoms with van der Waals surface area (Å²) in [4.78, 5) is 0. The molecule has 14 heavy (non-hydrogen) atoms. The van der Waals surface area contributed by atoms with E-state index < -0.39 is 0 Å². The highest BCUT2D eigenvalue weighted by Crippen LogP contribution is 2.37. The van der Waals surface area contributed by atoms with Gasteiger partial charge in [0.25, 0.3) is 0 Å². The monoisotopic (exact) mass is 219 g/mol. The second kappa shape index (κ2) is 2.97. The van der Waals surface area contributed by atoms with Crippen LogP contribution in [0.15, 0.2) is 42.5 Å². The highest BCUT2D eigenvalue weighted by Gasteiger charge is 2.12. The van der Waals surface area contributed by atoms with Crippen molar-refractivity contribution < 1.29 is 0 Å². The summed E-state index contributed by atoms with van der Waals surface area (Å²) in [7, 11) is 0. The Balaban J connectivity index is 2.63. The van der Waals surface area contributed by atoms with Crippen LogP contribution in [-0.2, 0) is 0 Å². The molecule has 0 aliphatic rings. The van der Waals surface area contributed by atoms with Gasteiger partial charge in [0.05, 0.1) is 0 Å². The van der Waals surface area contributed by atoms with Gasteiger partial charge in [0, 0.05) is 10.8 Å². The van der Waals surface area contributed by atoms with Gasteiger partial charge < -0.3 is 0 Å². The predicted molar refractivity (Wildman–Crippen MR) is 65.7 cm³/mol. The van der Waals surface area contributed by atoms with Crippen LogP contribution in [0.4, 0.5) is 0 Å². The van der Waals surface area contributed by atoms with E-state index in [1.807, 2.05) is 12.1 Å². The summed E-state index contributed by atoms with van der Waals surface area (Å²) in [5.41, 5.74) is 0. The highest BCUT2D eigenvalue weighted by atomic mass is 35.5. The van der Waals surface area contributed by atoms with Crippen LogP contribution in [0.1, 0.15) is 0 Å². The van der Waals surface area contributed by atoms with Crippen molar-refractivity contribution in [1.29, 1.82) is 0 Å². The molecule has 2 heteroatoms. The van der Waals surface area contributed by atoms with Crippen molar-refractivity contribution in [2.24, 2.45) is 0 Å². The summed E-state index contributed by atoms with van der Waals surface area (Å²) in [6.45, 7) is 0. The number of benzene rings is 2. The van der Waals surface area contributed by atoms with Crippen LogP contribution in [0, 0.1) is 0 Å². The van der Waals surface area contributed by atoms with Crippen LogP contribution in [0.2, 0.25) is 5.02 Å². The van der Waals surface area contributed by atoms with E-state index in [1.165, 1.54) is 31.5 Å². The van der Waals surface area contributed by atoms with E-state index in [0.717, 1.165) is 5.02 Å². The molecule has 0 nitrogen and oxygen atoms in total. The second-order valence-corrected chi connectivity index (χ2v) is 4.82. The van der Waals surface area contributed by atoms with Gasteiger partial charge in [-0.2, -0.15) is 0 Å². The first-order valence-electron chi connectivity index (χ1n) is 4.46. The number of fused-ring (bicyclic) bond motifs is 3. The topological polar surface area (TPSA) is 0 Å². The van der Waals surface area contributed by atoms with Gasteiger partial charge in [-0.05, 0) is 35.6 Å². The van der Waals surface area contributed by atoms with Crippen molar-refractivity contribution in [1.82, 2.24) is 0 Å². The molecule has 0 atom stereocenters. The number of rotatable bonds is 0. The Morgan fingerprint density at radius 1 is 0.857 bits per heavy atom. The molecule has 0 unspecified atom stereocenters. The first-order chi connectivity index (χ1) is 6.86. The van der Waals surface area contributed by atoms with E-state index in [-0.39, 0.29) is 0 Å². The molecule has 2 aromatic carbocycles. The Morgan fingerprint density at radius 3 is 2.57 bits per heavy atom. The van der Waals surface area contributed by atoms with Crippen LogP contribution in [0.3, 0.4) is 0 Å². The zero-order chi connectivity index (χ0) is 9.54. The zero-order valence-corrected chi connectivity index (χ0v) is 9.02. The third-order valence-electron chi connectivity index (χ3n) is 2.41. The lowest BCUT2D eigenvalue weighted by Gasteiger charge is -1.87. The summed E-state index contributed by atoms with van der Waals surface area (Å²) in [6, 6.07) is 14.6. The van der Waals surface area contributed by atoms with Crippen molar-refractivity contribution >= 4 is 43.1 Å². The maximum absolute atomic E-state index is 6.15. The maximum atomic E-state index is 6.15. The largest absolute Gasteiger partial charge is 0.198 e. The first kappa shape index (κ1) is 8.27. The molecule has 3 aromatic rings. The molecule has 0 N–H and O–H groups in total. The van der Waals surface area contributed by atoms with Crippen molar-refractivity contribution in [3.63, 3.8) is 0 Å². The molecular weight excluding hydrogens is 212 g/mol. The van der Waals surface area contributed by atoms with Gasteiger partial charge in [-0.15, -0.1) is 0 Å². The normalized spacial score (nSPS) is 11.2. The van der Waals surface area contributed by atoms with E-state index in [4.69, 9.17) is 11.6 Å². The smallest absolute Gasteiger partial charge is 0.0784 e. The molecule has 0 fully saturated rings. The van der Waals surface area contributed by atoms with Gasteiger partial charge in [0.15, 0.2) is 9.40 Å². The summed E-state index contributed by atoms with van der Waals surface area (Å²) >= 11 is 7.39. The molecule has 0 aliphatic heterocycles. The van der Waals surface area contributed by atoms with Crippen molar-refractivity contribution in [3.8, 4) is 0 Å². The van der Waals surface area contributed by atoms with Crippen LogP contribution < -0.4 is 0 Å². The molecule has 0 bridgehead atoms. The van der Waals surface area contributed by atoms with Gasteiger partial charge in [-0.25, -0.2) is 0 Å². The molecule has 0 radical (unpaired) electrons. The molecular formula is C12H8ClS+. The summed E-state index contributed by atoms with van der Waals surface area (Å²) in [5.74, 6) is 0. The predicted octanol–water partition coefficient (Wildman–Crippen LogP) is 4.44. The third-order valence-corrected chi connectivity index (χ3v) is 4.20. The summed E-state index contributed by atoms with van der Waals surface area (Å²) in [5, 5.41) is 3.49. The average Bonchev–Trinajstić information content (AvgIpc) is 2.59. The highest BCUT2D eigenvalue weighted by molar-refractivity contribution is 7.26. The van der Waals surface area contributed by atoms with Crippen molar-refractivity contribution in [3.05, 3.63) is 47.5 Å². The number of halogens is 1. The minimum absolute atomic E-state index is 0.875. The molecule has 0 spiro atoms. The SMILES string of the molecule is Clc1cccc2c1[sH+]c1ccccc12. The van der Waals surface area contributed by atoms with Gasteiger partial charge in [-0.1, -0.05) is 29.8 Å². The number of hydrogen-bond donors (Lipinski definition) is 0. The molecule has 0 amide bonds. The third kappa shape index (κ3) is 1.06. The molecule has 3 rings (SSSR count). The fourth-order valence-electron chi connectivity index (χ4n) is 1.77. The summed E-state index contributed by atoms with van der Waals surface area (Å²) in [6.07, 6.45) is 0. The average molecular weight is 220 g/mol. The van der Waals surface area contributed by atoms with Gasteiger partial charge in [0.1, 0.15) is 5.02 Å². The standard InChI is InChI=1S/C12H7ClS/c13-10-6-3-5-9-8-4-1-2-7-11(8)14-12(9)10/h1-7H/p+1. The molecule has 0 saturated heterocycles. The van der Waals surface area contributed by atoms with E-state index in [9.17, 15) is 0 Å². The summed E-state index contributed by atoms with van der Waals surface area (Å²) < 4.78 is 2.60. The van der Waals surface area contributed by atoms with E-state index in [0.29, 0.717) is 0 Å². The lowest BCUT2D eigenvalue weighted by molar-refractivity contribution is 1.84.